The van der Waals surface area contributed by atoms with Crippen LogP contribution in [0.25, 0.3) is 0 Å². The molecule has 2 rings (SSSR count). The van der Waals surface area contributed by atoms with Crippen molar-refractivity contribution in [3.8, 4) is 6.07 Å². The van der Waals surface area contributed by atoms with Crippen LogP contribution in [0.3, 0.4) is 0 Å². The Morgan fingerprint density at radius 3 is 2.59 bits per heavy atom. The maximum atomic E-state index is 9.44. The molecule has 1 fully saturated rings. The van der Waals surface area contributed by atoms with Crippen LogP contribution in [0.4, 0.5) is 0 Å². The van der Waals surface area contributed by atoms with Crippen LogP contribution in [0.15, 0.2) is 30.3 Å². The Balaban J connectivity index is 2.20. The lowest BCUT2D eigenvalue weighted by molar-refractivity contribution is 0.0190. The third-order valence-corrected chi connectivity index (χ3v) is 3.78. The van der Waals surface area contributed by atoms with Gasteiger partial charge in [-0.3, -0.25) is 0 Å². The second-order valence-corrected chi connectivity index (χ2v) is 4.74. The standard InChI is InChI=1S/C15H19NO/c1-17-15-10-6-5-9-13(15)14(11-16)12-7-3-2-4-8-12/h2-4,7-8,13-15H,5-6,9-10H2,1H3. The predicted molar refractivity (Wildman–Crippen MR) is 67.6 cm³/mol. The Bertz CT molecular complexity index is 382. The summed E-state index contributed by atoms with van der Waals surface area (Å²) in [7, 11) is 1.77. The molecule has 2 heteroatoms. The zero-order chi connectivity index (χ0) is 12.1. The molecule has 0 bridgehead atoms. The average Bonchev–Trinajstić information content (AvgIpc) is 2.41. The molecule has 1 aliphatic rings. The zero-order valence-electron chi connectivity index (χ0n) is 10.3. The molecule has 3 unspecified atom stereocenters. The predicted octanol–water partition coefficient (Wildman–Crippen LogP) is 3.50. The molecular weight excluding hydrogens is 210 g/mol. The number of nitriles is 1. The van der Waals surface area contributed by atoms with Crippen molar-refractivity contribution in [3.63, 3.8) is 0 Å². The fourth-order valence-corrected chi connectivity index (χ4v) is 2.88. The van der Waals surface area contributed by atoms with Gasteiger partial charge in [0, 0.05) is 13.0 Å². The summed E-state index contributed by atoms with van der Waals surface area (Å²) in [5, 5.41) is 9.44. The summed E-state index contributed by atoms with van der Waals surface area (Å²) in [4.78, 5) is 0. The van der Waals surface area contributed by atoms with Gasteiger partial charge in [-0.2, -0.15) is 5.26 Å². The van der Waals surface area contributed by atoms with Crippen LogP contribution < -0.4 is 0 Å². The van der Waals surface area contributed by atoms with Gasteiger partial charge in [-0.1, -0.05) is 43.2 Å². The maximum absolute atomic E-state index is 9.44. The van der Waals surface area contributed by atoms with Gasteiger partial charge in [0.05, 0.1) is 18.1 Å². The van der Waals surface area contributed by atoms with E-state index in [2.05, 4.69) is 18.2 Å². The van der Waals surface area contributed by atoms with Gasteiger partial charge in [0.15, 0.2) is 0 Å². The fraction of sp³-hybridized carbons (Fsp3) is 0.533. The zero-order valence-corrected chi connectivity index (χ0v) is 10.3. The molecular formula is C15H19NO. The van der Waals surface area contributed by atoms with Gasteiger partial charge in [-0.15, -0.1) is 0 Å². The van der Waals surface area contributed by atoms with Gasteiger partial charge in [0.1, 0.15) is 0 Å². The second-order valence-electron chi connectivity index (χ2n) is 4.74. The number of hydrogen-bond donors (Lipinski definition) is 0. The van der Waals surface area contributed by atoms with E-state index in [1.807, 2.05) is 18.2 Å². The van der Waals surface area contributed by atoms with E-state index in [9.17, 15) is 5.26 Å². The number of ether oxygens (including phenoxy) is 1. The quantitative estimate of drug-likeness (QED) is 0.794. The van der Waals surface area contributed by atoms with Crippen LogP contribution in [-0.2, 0) is 4.74 Å². The maximum Gasteiger partial charge on any atom is 0.0765 e. The molecule has 1 aliphatic carbocycles. The van der Waals surface area contributed by atoms with Crippen LogP contribution in [0.2, 0.25) is 0 Å². The third-order valence-electron chi connectivity index (χ3n) is 3.78. The normalized spacial score (nSPS) is 26.1. The molecule has 3 atom stereocenters. The molecule has 1 aromatic carbocycles. The highest BCUT2D eigenvalue weighted by Crippen LogP contribution is 2.37. The van der Waals surface area contributed by atoms with E-state index in [1.54, 1.807) is 7.11 Å². The molecule has 17 heavy (non-hydrogen) atoms. The van der Waals surface area contributed by atoms with Crippen LogP contribution in [0.5, 0.6) is 0 Å². The number of rotatable bonds is 3. The largest absolute Gasteiger partial charge is 0.381 e. The summed E-state index contributed by atoms with van der Waals surface area (Å²) >= 11 is 0. The highest BCUT2D eigenvalue weighted by molar-refractivity contribution is 5.26. The van der Waals surface area contributed by atoms with Gasteiger partial charge in [0.25, 0.3) is 0 Å². The first-order valence-electron chi connectivity index (χ1n) is 6.34. The van der Waals surface area contributed by atoms with Gasteiger partial charge in [0.2, 0.25) is 0 Å². The minimum atomic E-state index is -0.0264. The van der Waals surface area contributed by atoms with E-state index in [-0.39, 0.29) is 12.0 Å². The fourth-order valence-electron chi connectivity index (χ4n) is 2.88. The number of nitrogens with zero attached hydrogens (tertiary/aromatic N) is 1. The Hall–Kier alpha value is -1.33. The summed E-state index contributed by atoms with van der Waals surface area (Å²) in [6.45, 7) is 0. The van der Waals surface area contributed by atoms with Crippen molar-refractivity contribution in [2.75, 3.05) is 7.11 Å². The van der Waals surface area contributed by atoms with E-state index in [4.69, 9.17) is 4.74 Å². The molecule has 0 amide bonds. The van der Waals surface area contributed by atoms with Crippen LogP contribution in [0, 0.1) is 17.2 Å². The third kappa shape index (κ3) is 2.68. The van der Waals surface area contributed by atoms with Crippen LogP contribution in [0.1, 0.15) is 37.2 Å². The molecule has 1 saturated carbocycles. The summed E-state index contributed by atoms with van der Waals surface area (Å²) in [5.41, 5.74) is 1.13. The van der Waals surface area contributed by atoms with Crippen LogP contribution >= 0.6 is 0 Å². The highest BCUT2D eigenvalue weighted by atomic mass is 16.5. The van der Waals surface area contributed by atoms with Gasteiger partial charge in [-0.25, -0.2) is 0 Å². The molecule has 0 aliphatic heterocycles. The van der Waals surface area contributed by atoms with Crippen molar-refractivity contribution in [3.05, 3.63) is 35.9 Å². The molecule has 2 nitrogen and oxygen atoms in total. The lowest BCUT2D eigenvalue weighted by Crippen LogP contribution is -2.31. The van der Waals surface area contributed by atoms with E-state index < -0.39 is 0 Å². The second kappa shape index (κ2) is 5.84. The molecule has 0 radical (unpaired) electrons. The van der Waals surface area contributed by atoms with Crippen molar-refractivity contribution in [2.24, 2.45) is 5.92 Å². The highest BCUT2D eigenvalue weighted by Gasteiger charge is 2.32. The van der Waals surface area contributed by atoms with Gasteiger partial charge < -0.3 is 4.74 Å². The summed E-state index contributed by atoms with van der Waals surface area (Å²) < 4.78 is 5.56. The van der Waals surface area contributed by atoms with Gasteiger partial charge >= 0.3 is 0 Å². The van der Waals surface area contributed by atoms with Crippen molar-refractivity contribution in [2.45, 2.75) is 37.7 Å². The first-order valence-corrected chi connectivity index (χ1v) is 6.34. The van der Waals surface area contributed by atoms with E-state index in [1.165, 1.54) is 12.8 Å². The summed E-state index contributed by atoms with van der Waals surface area (Å²) in [6.07, 6.45) is 4.88. The minimum absolute atomic E-state index is 0.0264. The topological polar surface area (TPSA) is 33.0 Å². The van der Waals surface area contributed by atoms with Gasteiger partial charge in [-0.05, 0) is 18.4 Å². The van der Waals surface area contributed by atoms with Crippen molar-refractivity contribution >= 4 is 0 Å². The molecule has 0 N–H and O–H groups in total. The SMILES string of the molecule is COC1CCCCC1C(C#N)c1ccccc1. The smallest absolute Gasteiger partial charge is 0.0765 e. The van der Waals surface area contributed by atoms with E-state index in [0.29, 0.717) is 5.92 Å². The molecule has 0 spiro atoms. The Morgan fingerprint density at radius 1 is 1.24 bits per heavy atom. The van der Waals surface area contributed by atoms with Crippen molar-refractivity contribution in [1.29, 1.82) is 5.26 Å². The van der Waals surface area contributed by atoms with E-state index >= 15 is 0 Å². The monoisotopic (exact) mass is 229 g/mol. The Labute approximate surface area is 103 Å². The first kappa shape index (κ1) is 12.1. The molecule has 1 aromatic rings. The number of benzene rings is 1. The van der Waals surface area contributed by atoms with Crippen molar-refractivity contribution in [1.82, 2.24) is 0 Å². The van der Waals surface area contributed by atoms with Crippen LogP contribution in [-0.4, -0.2) is 13.2 Å². The Morgan fingerprint density at radius 2 is 1.94 bits per heavy atom. The molecule has 90 valence electrons. The van der Waals surface area contributed by atoms with Crippen molar-refractivity contribution < 1.29 is 4.74 Å². The molecule has 0 aromatic heterocycles. The summed E-state index contributed by atoms with van der Waals surface area (Å²) in [5.74, 6) is 0.322. The average molecular weight is 229 g/mol. The molecule has 0 saturated heterocycles. The number of methoxy groups -OCH3 is 1. The van der Waals surface area contributed by atoms with E-state index in [0.717, 1.165) is 18.4 Å². The number of hydrogen-bond acceptors (Lipinski definition) is 2. The Kier molecular flexibility index (Phi) is 4.17. The minimum Gasteiger partial charge on any atom is -0.381 e. The molecule has 0 heterocycles. The lowest BCUT2D eigenvalue weighted by atomic mass is 9.75. The lowest BCUT2D eigenvalue weighted by Gasteiger charge is -2.33. The summed E-state index contributed by atoms with van der Waals surface area (Å²) in [6, 6.07) is 12.6. The first-order chi connectivity index (χ1) is 8.36.